The summed E-state index contributed by atoms with van der Waals surface area (Å²) in [5.74, 6) is 0.765. The van der Waals surface area contributed by atoms with Crippen LogP contribution in [0.4, 0.5) is 0 Å². The van der Waals surface area contributed by atoms with E-state index in [0.29, 0.717) is 19.5 Å². The molecule has 4 nitrogen and oxygen atoms in total. The fourth-order valence-corrected chi connectivity index (χ4v) is 2.54. The molecule has 0 aliphatic heterocycles. The van der Waals surface area contributed by atoms with Crippen molar-refractivity contribution in [2.75, 3.05) is 13.1 Å². The molecule has 0 radical (unpaired) electrons. The molecule has 1 unspecified atom stereocenters. The van der Waals surface area contributed by atoms with Crippen molar-refractivity contribution in [3.05, 3.63) is 70.2 Å². The maximum Gasteiger partial charge on any atom is 0.191 e. The zero-order chi connectivity index (χ0) is 17.2. The van der Waals surface area contributed by atoms with Gasteiger partial charge in [-0.1, -0.05) is 58.4 Å². The number of benzene rings is 2. The molecule has 0 saturated heterocycles. The summed E-state index contributed by atoms with van der Waals surface area (Å²) in [6, 6.07) is 17.8. The van der Waals surface area contributed by atoms with Crippen LogP contribution in [0.1, 0.15) is 30.6 Å². The molecular weight excluding hydrogens is 366 g/mol. The van der Waals surface area contributed by atoms with Gasteiger partial charge in [0, 0.05) is 17.6 Å². The van der Waals surface area contributed by atoms with Crippen molar-refractivity contribution in [2.24, 2.45) is 4.99 Å². The molecule has 24 heavy (non-hydrogen) atoms. The van der Waals surface area contributed by atoms with E-state index in [4.69, 9.17) is 0 Å². The molecule has 0 saturated carbocycles. The minimum atomic E-state index is -0.465. The minimum absolute atomic E-state index is 0.465. The number of hydrogen-bond donors (Lipinski definition) is 3. The number of hydrogen-bond acceptors (Lipinski definition) is 2. The second-order valence-electron chi connectivity index (χ2n) is 5.46. The fourth-order valence-electron chi connectivity index (χ4n) is 2.27. The summed E-state index contributed by atoms with van der Waals surface area (Å²) < 4.78 is 1.06. The van der Waals surface area contributed by atoms with Gasteiger partial charge in [-0.05, 0) is 36.6 Å². The second-order valence-corrected chi connectivity index (χ2v) is 6.38. The fraction of sp³-hybridized carbons (Fsp3) is 0.316. The van der Waals surface area contributed by atoms with Crippen molar-refractivity contribution in [3.63, 3.8) is 0 Å². The van der Waals surface area contributed by atoms with Gasteiger partial charge in [-0.15, -0.1) is 0 Å². The first-order chi connectivity index (χ1) is 11.7. The Bertz CT molecular complexity index is 629. The average molecular weight is 390 g/mol. The number of aliphatic hydroxyl groups is 1. The van der Waals surface area contributed by atoms with Gasteiger partial charge in [-0.2, -0.15) is 0 Å². The first-order valence-corrected chi connectivity index (χ1v) is 8.98. The molecule has 0 aliphatic carbocycles. The largest absolute Gasteiger partial charge is 0.388 e. The van der Waals surface area contributed by atoms with Gasteiger partial charge in [0.15, 0.2) is 5.96 Å². The van der Waals surface area contributed by atoms with Crippen LogP contribution in [0.5, 0.6) is 0 Å². The second kappa shape index (κ2) is 10.1. The Morgan fingerprint density at radius 2 is 1.79 bits per heavy atom. The Morgan fingerprint density at radius 3 is 2.46 bits per heavy atom. The molecule has 0 bridgehead atoms. The molecular formula is C19H24BrN3O. The van der Waals surface area contributed by atoms with Gasteiger partial charge >= 0.3 is 0 Å². The smallest absolute Gasteiger partial charge is 0.191 e. The van der Waals surface area contributed by atoms with Gasteiger partial charge in [0.1, 0.15) is 0 Å². The molecule has 0 aliphatic rings. The summed E-state index contributed by atoms with van der Waals surface area (Å²) >= 11 is 3.43. The average Bonchev–Trinajstić information content (AvgIpc) is 2.61. The number of guanidine groups is 1. The highest BCUT2D eigenvalue weighted by molar-refractivity contribution is 9.10. The highest BCUT2D eigenvalue weighted by Crippen LogP contribution is 2.15. The Labute approximate surface area is 152 Å². The SMILES string of the molecule is CCNC(=NCc1ccc(Br)cc1)NCCC(O)c1ccccc1. The van der Waals surface area contributed by atoms with Crippen molar-refractivity contribution in [3.8, 4) is 0 Å². The summed E-state index contributed by atoms with van der Waals surface area (Å²) in [6.45, 7) is 4.11. The molecule has 0 fully saturated rings. The predicted octanol–water partition coefficient (Wildman–Crippen LogP) is 3.63. The van der Waals surface area contributed by atoms with E-state index in [0.717, 1.165) is 28.1 Å². The Morgan fingerprint density at radius 1 is 1.08 bits per heavy atom. The lowest BCUT2D eigenvalue weighted by atomic mass is 10.1. The van der Waals surface area contributed by atoms with Crippen LogP contribution in [0.15, 0.2) is 64.1 Å². The zero-order valence-electron chi connectivity index (χ0n) is 13.9. The lowest BCUT2D eigenvalue weighted by Gasteiger charge is -2.14. The zero-order valence-corrected chi connectivity index (χ0v) is 15.5. The van der Waals surface area contributed by atoms with Gasteiger partial charge in [0.05, 0.1) is 12.6 Å². The summed E-state index contributed by atoms with van der Waals surface area (Å²) in [7, 11) is 0. The van der Waals surface area contributed by atoms with Crippen LogP contribution in [0.2, 0.25) is 0 Å². The summed E-state index contributed by atoms with van der Waals surface area (Å²) in [5, 5.41) is 16.7. The number of nitrogens with one attached hydrogen (secondary N) is 2. The minimum Gasteiger partial charge on any atom is -0.388 e. The number of rotatable bonds is 7. The predicted molar refractivity (Wildman–Crippen MR) is 103 cm³/mol. The molecule has 128 valence electrons. The van der Waals surface area contributed by atoms with Gasteiger partial charge in [0.2, 0.25) is 0 Å². The molecule has 0 aromatic heterocycles. The summed E-state index contributed by atoms with van der Waals surface area (Å²) in [4.78, 5) is 4.58. The van der Waals surface area contributed by atoms with E-state index in [1.54, 1.807) is 0 Å². The molecule has 0 heterocycles. The lowest BCUT2D eigenvalue weighted by molar-refractivity contribution is 0.168. The normalized spacial score (nSPS) is 12.7. The number of halogens is 1. The van der Waals surface area contributed by atoms with Crippen LogP contribution in [-0.4, -0.2) is 24.2 Å². The summed E-state index contributed by atoms with van der Waals surface area (Å²) in [6.07, 6.45) is 0.167. The Hall–Kier alpha value is -1.85. The van der Waals surface area contributed by atoms with Gasteiger partial charge < -0.3 is 15.7 Å². The van der Waals surface area contributed by atoms with E-state index in [9.17, 15) is 5.11 Å². The van der Waals surface area contributed by atoms with Crippen LogP contribution in [0.25, 0.3) is 0 Å². The van der Waals surface area contributed by atoms with Crippen LogP contribution in [0.3, 0.4) is 0 Å². The molecule has 2 aromatic carbocycles. The van der Waals surface area contributed by atoms with Gasteiger partial charge in [-0.25, -0.2) is 4.99 Å². The lowest BCUT2D eigenvalue weighted by Crippen LogP contribution is -2.38. The molecule has 2 rings (SSSR count). The van der Waals surface area contributed by atoms with Crippen LogP contribution in [0, 0.1) is 0 Å². The number of aliphatic hydroxyl groups excluding tert-OH is 1. The molecule has 5 heteroatoms. The van der Waals surface area contributed by atoms with Crippen LogP contribution < -0.4 is 10.6 Å². The third-order valence-corrected chi connectivity index (χ3v) is 4.10. The van der Waals surface area contributed by atoms with Crippen LogP contribution >= 0.6 is 15.9 Å². The number of aliphatic imine (C=N–C) groups is 1. The standard InChI is InChI=1S/C19H24BrN3O/c1-2-21-19(23-14-15-8-10-17(20)11-9-15)22-13-12-18(24)16-6-4-3-5-7-16/h3-11,18,24H,2,12-14H2,1H3,(H2,21,22,23). The molecule has 0 amide bonds. The van der Waals surface area contributed by atoms with E-state index in [1.165, 1.54) is 0 Å². The monoisotopic (exact) mass is 389 g/mol. The third-order valence-electron chi connectivity index (χ3n) is 3.57. The van der Waals surface area contributed by atoms with Crippen LogP contribution in [-0.2, 0) is 6.54 Å². The molecule has 2 aromatic rings. The highest BCUT2D eigenvalue weighted by atomic mass is 79.9. The maximum absolute atomic E-state index is 10.2. The Kier molecular flexibility index (Phi) is 7.79. The first-order valence-electron chi connectivity index (χ1n) is 8.18. The quantitative estimate of drug-likeness (QED) is 0.500. The van der Waals surface area contributed by atoms with E-state index >= 15 is 0 Å². The third kappa shape index (κ3) is 6.34. The van der Waals surface area contributed by atoms with Gasteiger partial charge in [-0.3, -0.25) is 0 Å². The van der Waals surface area contributed by atoms with Crippen molar-refractivity contribution < 1.29 is 5.11 Å². The summed E-state index contributed by atoms with van der Waals surface area (Å²) in [5.41, 5.74) is 2.09. The van der Waals surface area contributed by atoms with E-state index in [2.05, 4.69) is 43.7 Å². The van der Waals surface area contributed by atoms with Crippen molar-refractivity contribution in [1.29, 1.82) is 0 Å². The number of nitrogens with zero attached hydrogens (tertiary/aromatic N) is 1. The molecule has 0 spiro atoms. The van der Waals surface area contributed by atoms with Crippen molar-refractivity contribution in [1.82, 2.24) is 10.6 Å². The topological polar surface area (TPSA) is 56.7 Å². The maximum atomic E-state index is 10.2. The molecule has 3 N–H and O–H groups in total. The first kappa shape index (κ1) is 18.5. The van der Waals surface area contributed by atoms with E-state index in [1.807, 2.05) is 49.4 Å². The van der Waals surface area contributed by atoms with Gasteiger partial charge in [0.25, 0.3) is 0 Å². The van der Waals surface area contributed by atoms with E-state index < -0.39 is 6.10 Å². The van der Waals surface area contributed by atoms with E-state index in [-0.39, 0.29) is 0 Å². The molecule has 1 atom stereocenters. The Balaban J connectivity index is 1.84. The van der Waals surface area contributed by atoms with Crippen molar-refractivity contribution >= 4 is 21.9 Å². The van der Waals surface area contributed by atoms with Crippen molar-refractivity contribution in [2.45, 2.75) is 26.0 Å². The highest BCUT2D eigenvalue weighted by Gasteiger charge is 2.06.